The number of amides is 2. The quantitative estimate of drug-likeness (QED) is 0.327. The number of rotatable bonds is 9. The van der Waals surface area contributed by atoms with Crippen LogP contribution in [-0.4, -0.2) is 58.0 Å². The number of likely N-dealkylation sites (tertiary alicyclic amines) is 1. The second kappa shape index (κ2) is 12.6. The van der Waals surface area contributed by atoms with Crippen LogP contribution in [0.25, 0.3) is 0 Å². The molecule has 3 aromatic carbocycles. The Bertz CT molecular complexity index is 1200. The van der Waals surface area contributed by atoms with Gasteiger partial charge < -0.3 is 20.1 Å². The summed E-state index contributed by atoms with van der Waals surface area (Å²) in [7, 11) is 0. The lowest BCUT2D eigenvalue weighted by molar-refractivity contribution is -0.148. The van der Waals surface area contributed by atoms with E-state index in [1.54, 1.807) is 20.8 Å². The molecule has 1 aliphatic heterocycles. The minimum Gasteiger partial charge on any atom is -0.480 e. The fraction of sp³-hybridized carbons (Fsp3) is 0.344. The van der Waals surface area contributed by atoms with Gasteiger partial charge in [0.15, 0.2) is 0 Å². The summed E-state index contributed by atoms with van der Waals surface area (Å²) in [5.74, 6) is -1.28. The second-order valence-corrected chi connectivity index (χ2v) is 12.1. The van der Waals surface area contributed by atoms with Gasteiger partial charge in [-0.3, -0.25) is 4.79 Å². The molecule has 8 heteroatoms. The molecule has 1 saturated heterocycles. The van der Waals surface area contributed by atoms with Gasteiger partial charge in [0.05, 0.1) is 4.75 Å². The summed E-state index contributed by atoms with van der Waals surface area (Å²) >= 11 is 1.53. The highest BCUT2D eigenvalue weighted by molar-refractivity contribution is 8.00. The molecule has 0 bridgehead atoms. The first-order valence-corrected chi connectivity index (χ1v) is 14.4. The molecule has 1 aliphatic rings. The molecule has 3 aromatic rings. The van der Waals surface area contributed by atoms with E-state index in [9.17, 15) is 19.5 Å². The van der Waals surface area contributed by atoms with Crippen LogP contribution in [0.4, 0.5) is 4.79 Å². The van der Waals surface area contributed by atoms with Crippen LogP contribution in [0.1, 0.15) is 50.3 Å². The molecule has 0 aromatic heterocycles. The Kier molecular flexibility index (Phi) is 9.20. The topological polar surface area (TPSA) is 95.9 Å². The van der Waals surface area contributed by atoms with Crippen LogP contribution in [0, 0.1) is 0 Å². The lowest BCUT2D eigenvalue weighted by Gasteiger charge is -2.37. The van der Waals surface area contributed by atoms with Gasteiger partial charge in [-0.25, -0.2) is 9.59 Å². The number of carbonyl (C=O) groups is 3. The summed E-state index contributed by atoms with van der Waals surface area (Å²) in [4.78, 5) is 40.1. The number of carboxylic acids is 1. The Labute approximate surface area is 239 Å². The standard InChI is InChI=1S/C32H36N2O5S/c1-31(2,3)39-30(38)33-26(28(35)34-21-13-20-27(34)29(36)37)22-40-32(23-14-7-4-8-15-23,24-16-9-5-10-17-24)25-18-11-6-12-19-25/h4-12,14-19,26-27H,13,20-22H2,1-3H3,(H,33,38)(H,36,37)/t26-,27-/m0/s1. The Morgan fingerprint density at radius 1 is 0.900 bits per heavy atom. The Morgan fingerprint density at radius 2 is 1.38 bits per heavy atom. The molecule has 0 unspecified atom stereocenters. The van der Waals surface area contributed by atoms with E-state index in [1.165, 1.54) is 16.7 Å². The summed E-state index contributed by atoms with van der Waals surface area (Å²) in [5, 5.41) is 12.5. The molecule has 2 amide bonds. The summed E-state index contributed by atoms with van der Waals surface area (Å²) in [6.07, 6.45) is 0.258. The number of ether oxygens (including phenoxy) is 1. The third-order valence-electron chi connectivity index (χ3n) is 6.82. The van der Waals surface area contributed by atoms with Crippen molar-refractivity contribution in [1.82, 2.24) is 10.2 Å². The molecule has 4 rings (SSSR count). The van der Waals surface area contributed by atoms with Crippen LogP contribution < -0.4 is 5.32 Å². The van der Waals surface area contributed by atoms with E-state index >= 15 is 0 Å². The van der Waals surface area contributed by atoms with E-state index in [0.717, 1.165) is 16.7 Å². The average Bonchev–Trinajstić information content (AvgIpc) is 3.44. The molecule has 1 heterocycles. The molecule has 0 radical (unpaired) electrons. The first kappa shape index (κ1) is 29.2. The maximum absolute atomic E-state index is 13.9. The van der Waals surface area contributed by atoms with Gasteiger partial charge >= 0.3 is 12.1 Å². The Hall–Kier alpha value is -3.78. The minimum atomic E-state index is -1.04. The monoisotopic (exact) mass is 560 g/mol. The van der Waals surface area contributed by atoms with E-state index in [1.807, 2.05) is 54.6 Å². The summed E-state index contributed by atoms with van der Waals surface area (Å²) in [6.45, 7) is 5.59. The number of alkyl carbamates (subject to hydrolysis) is 1. The van der Waals surface area contributed by atoms with Crippen molar-refractivity contribution in [1.29, 1.82) is 0 Å². The van der Waals surface area contributed by atoms with Gasteiger partial charge in [-0.15, -0.1) is 11.8 Å². The first-order chi connectivity index (χ1) is 19.1. The van der Waals surface area contributed by atoms with Gasteiger partial charge in [0, 0.05) is 12.3 Å². The van der Waals surface area contributed by atoms with Crippen LogP contribution in [0.3, 0.4) is 0 Å². The Balaban J connectivity index is 1.76. The number of benzene rings is 3. The minimum absolute atomic E-state index is 0.180. The van der Waals surface area contributed by atoms with Crippen LogP contribution in [0.2, 0.25) is 0 Å². The van der Waals surface area contributed by atoms with Crippen LogP contribution in [0.15, 0.2) is 91.0 Å². The third kappa shape index (κ3) is 6.67. The van der Waals surface area contributed by atoms with E-state index < -0.39 is 40.4 Å². The predicted molar refractivity (Wildman–Crippen MR) is 157 cm³/mol. The largest absolute Gasteiger partial charge is 0.480 e. The highest BCUT2D eigenvalue weighted by Crippen LogP contribution is 2.48. The molecule has 2 N–H and O–H groups in total. The number of nitrogens with zero attached hydrogens (tertiary/aromatic N) is 1. The van der Waals surface area contributed by atoms with Crippen molar-refractivity contribution < 1.29 is 24.2 Å². The van der Waals surface area contributed by atoms with Gasteiger partial charge in [-0.1, -0.05) is 91.0 Å². The van der Waals surface area contributed by atoms with Crippen molar-refractivity contribution in [2.45, 2.75) is 56.0 Å². The van der Waals surface area contributed by atoms with Crippen molar-refractivity contribution in [2.24, 2.45) is 0 Å². The molecular formula is C32H36N2O5S. The van der Waals surface area contributed by atoms with E-state index in [0.29, 0.717) is 19.4 Å². The zero-order chi connectivity index (χ0) is 28.8. The molecule has 0 saturated carbocycles. The summed E-state index contributed by atoms with van der Waals surface area (Å²) < 4.78 is 4.78. The van der Waals surface area contributed by atoms with Crippen molar-refractivity contribution in [3.63, 3.8) is 0 Å². The van der Waals surface area contributed by atoms with E-state index in [-0.39, 0.29) is 5.75 Å². The van der Waals surface area contributed by atoms with Crippen molar-refractivity contribution >= 4 is 29.7 Å². The molecular weight excluding hydrogens is 524 g/mol. The SMILES string of the molecule is CC(C)(C)OC(=O)N[C@@H](CSC(c1ccccc1)(c1ccccc1)c1ccccc1)C(=O)N1CCC[C@H]1C(=O)O. The molecule has 0 spiro atoms. The van der Waals surface area contributed by atoms with Gasteiger partial charge in [0.1, 0.15) is 17.7 Å². The molecule has 2 atom stereocenters. The fourth-order valence-corrected chi connectivity index (χ4v) is 6.64. The molecule has 0 aliphatic carbocycles. The first-order valence-electron chi connectivity index (χ1n) is 13.4. The van der Waals surface area contributed by atoms with Crippen molar-refractivity contribution in [3.05, 3.63) is 108 Å². The van der Waals surface area contributed by atoms with Crippen molar-refractivity contribution in [2.75, 3.05) is 12.3 Å². The highest BCUT2D eigenvalue weighted by atomic mass is 32.2. The number of hydrogen-bond acceptors (Lipinski definition) is 5. The lowest BCUT2D eigenvalue weighted by Crippen LogP contribution is -2.53. The number of aliphatic carboxylic acids is 1. The highest BCUT2D eigenvalue weighted by Gasteiger charge is 2.42. The molecule has 1 fully saturated rings. The number of carbonyl (C=O) groups excluding carboxylic acids is 2. The second-order valence-electron chi connectivity index (χ2n) is 10.8. The zero-order valence-corrected chi connectivity index (χ0v) is 23.9. The fourth-order valence-electron chi connectivity index (χ4n) is 5.09. The normalized spacial score (nSPS) is 16.3. The van der Waals surface area contributed by atoms with Gasteiger partial charge in [-0.05, 0) is 50.3 Å². The maximum atomic E-state index is 13.9. The summed E-state index contributed by atoms with van der Waals surface area (Å²) in [6, 6.07) is 28.3. The third-order valence-corrected chi connectivity index (χ3v) is 8.46. The van der Waals surface area contributed by atoms with E-state index in [2.05, 4.69) is 41.7 Å². The van der Waals surface area contributed by atoms with Gasteiger partial charge in [-0.2, -0.15) is 0 Å². The van der Waals surface area contributed by atoms with Crippen LogP contribution >= 0.6 is 11.8 Å². The molecule has 7 nitrogen and oxygen atoms in total. The average molecular weight is 561 g/mol. The number of hydrogen-bond donors (Lipinski definition) is 2. The lowest BCUT2D eigenvalue weighted by atomic mass is 9.84. The van der Waals surface area contributed by atoms with Gasteiger partial charge in [0.2, 0.25) is 5.91 Å². The maximum Gasteiger partial charge on any atom is 0.408 e. The molecule has 40 heavy (non-hydrogen) atoms. The van der Waals surface area contributed by atoms with E-state index in [4.69, 9.17) is 4.74 Å². The molecule has 210 valence electrons. The zero-order valence-electron chi connectivity index (χ0n) is 23.1. The van der Waals surface area contributed by atoms with Crippen molar-refractivity contribution in [3.8, 4) is 0 Å². The Morgan fingerprint density at radius 3 is 1.80 bits per heavy atom. The van der Waals surface area contributed by atoms with Gasteiger partial charge in [0.25, 0.3) is 0 Å². The number of nitrogens with one attached hydrogen (secondary N) is 1. The predicted octanol–water partition coefficient (Wildman–Crippen LogP) is 5.68. The van der Waals surface area contributed by atoms with Crippen LogP contribution in [0.5, 0.6) is 0 Å². The van der Waals surface area contributed by atoms with Crippen LogP contribution in [-0.2, 0) is 19.1 Å². The summed E-state index contributed by atoms with van der Waals surface area (Å²) in [5.41, 5.74) is 2.30. The number of thioether (sulfide) groups is 1. The smallest absolute Gasteiger partial charge is 0.408 e. The number of carboxylic acid groups (broad SMARTS) is 1.